The van der Waals surface area contributed by atoms with E-state index < -0.39 is 8.25 Å². The van der Waals surface area contributed by atoms with Gasteiger partial charge in [-0.2, -0.15) is 0 Å². The highest BCUT2D eigenvalue weighted by Gasteiger charge is 2.36. The van der Waals surface area contributed by atoms with Crippen molar-refractivity contribution in [3.63, 3.8) is 0 Å². The van der Waals surface area contributed by atoms with Crippen LogP contribution in [0.3, 0.4) is 0 Å². The van der Waals surface area contributed by atoms with Gasteiger partial charge in [-0.05, 0) is 44.9 Å². The van der Waals surface area contributed by atoms with Gasteiger partial charge in [0.1, 0.15) is 11.5 Å². The first-order valence-corrected chi connectivity index (χ1v) is 13.0. The summed E-state index contributed by atoms with van der Waals surface area (Å²) in [5, 5.41) is 0. The maximum absolute atomic E-state index is 13.1. The lowest BCUT2D eigenvalue weighted by Gasteiger charge is -2.31. The molecule has 0 aromatic heterocycles. The highest BCUT2D eigenvalue weighted by molar-refractivity contribution is 7.34. The van der Waals surface area contributed by atoms with E-state index in [9.17, 15) is 4.57 Å². The predicted octanol–water partition coefficient (Wildman–Crippen LogP) is 8.29. The van der Waals surface area contributed by atoms with Gasteiger partial charge in [-0.3, -0.25) is 0 Å². The van der Waals surface area contributed by atoms with Crippen molar-refractivity contribution in [1.29, 1.82) is 0 Å². The van der Waals surface area contributed by atoms with E-state index in [0.717, 1.165) is 27.8 Å². The Hall–Kier alpha value is -1.93. The summed E-state index contributed by atoms with van der Waals surface area (Å²) in [5.41, 5.74) is 12.8. The Morgan fingerprint density at radius 3 is 1.55 bits per heavy atom. The molecule has 0 aliphatic carbocycles. The molecule has 2 aromatic carbocycles. The second-order valence-electron chi connectivity index (χ2n) is 13.4. The summed E-state index contributed by atoms with van der Waals surface area (Å²) in [5.74, 6) is 1.21. The monoisotopic (exact) mass is 471 g/mol. The summed E-state index contributed by atoms with van der Waals surface area (Å²) in [6.07, 6.45) is 0. The van der Waals surface area contributed by atoms with Crippen LogP contribution in [0.25, 0.3) is 11.1 Å². The average Bonchev–Trinajstić information content (AvgIpc) is 2.72. The minimum Gasteiger partial charge on any atom is -0.417 e. The van der Waals surface area contributed by atoms with Gasteiger partial charge in [-0.15, -0.1) is 0 Å². The van der Waals surface area contributed by atoms with E-state index in [1.165, 1.54) is 5.56 Å². The summed E-state index contributed by atoms with van der Waals surface area (Å²) < 4.78 is 25.3. The van der Waals surface area contributed by atoms with Crippen LogP contribution in [-0.2, 0) is 26.2 Å². The van der Waals surface area contributed by atoms with E-state index in [1.807, 2.05) is 0 Å². The zero-order chi connectivity index (χ0) is 25.3. The average molecular weight is 472 g/mol. The molecule has 1 aliphatic heterocycles. The summed E-state index contributed by atoms with van der Waals surface area (Å²) in [6, 6.07) is 6.47. The second-order valence-corrected chi connectivity index (χ2v) is 14.4. The Bertz CT molecular complexity index is 1120. The van der Waals surface area contributed by atoms with Crippen LogP contribution in [0.5, 0.6) is 11.5 Å². The molecule has 33 heavy (non-hydrogen) atoms. The first kappa shape index (κ1) is 25.7. The molecule has 2 N–H and O–H groups in total. The third-order valence-corrected chi connectivity index (χ3v) is 7.08. The van der Waals surface area contributed by atoms with Crippen LogP contribution in [0, 0.1) is 0 Å². The fourth-order valence-corrected chi connectivity index (χ4v) is 5.14. The molecule has 1 heterocycles. The number of fused-ring (bicyclic) bond motifs is 3. The topological polar surface area (TPSA) is 61.5 Å². The lowest BCUT2D eigenvalue weighted by molar-refractivity contribution is 0.408. The summed E-state index contributed by atoms with van der Waals surface area (Å²) in [6.45, 7) is 26.0. The van der Waals surface area contributed by atoms with Gasteiger partial charge in [0, 0.05) is 22.4 Å². The molecular formula is C28H42NO3P. The van der Waals surface area contributed by atoms with E-state index in [0.29, 0.717) is 17.2 Å². The minimum absolute atomic E-state index is 0.0865. The van der Waals surface area contributed by atoms with E-state index in [4.69, 9.17) is 14.8 Å². The van der Waals surface area contributed by atoms with Crippen LogP contribution in [0.4, 0.5) is 5.69 Å². The predicted molar refractivity (Wildman–Crippen MR) is 141 cm³/mol. The summed E-state index contributed by atoms with van der Waals surface area (Å²) >= 11 is 0. The fraction of sp³-hybridized carbons (Fsp3) is 0.571. The molecule has 0 saturated carbocycles. The van der Waals surface area contributed by atoms with Gasteiger partial charge in [0.25, 0.3) is 0 Å². The minimum atomic E-state index is -2.83. The molecule has 0 amide bonds. The lowest BCUT2D eigenvalue weighted by Crippen LogP contribution is -2.20. The molecule has 1 unspecified atom stereocenters. The quantitative estimate of drug-likeness (QED) is 0.310. The lowest BCUT2D eigenvalue weighted by atomic mass is 9.74. The van der Waals surface area contributed by atoms with Gasteiger partial charge >= 0.3 is 8.25 Å². The van der Waals surface area contributed by atoms with Crippen LogP contribution >= 0.6 is 8.25 Å². The summed E-state index contributed by atoms with van der Waals surface area (Å²) in [4.78, 5) is 0. The molecule has 0 spiro atoms. The number of nitrogen functional groups attached to an aromatic ring is 1. The number of hydrogen-bond donors (Lipinski definition) is 1. The maximum Gasteiger partial charge on any atom is 0.419 e. The molecule has 2 aromatic rings. The fourth-order valence-electron chi connectivity index (χ4n) is 4.33. The largest absolute Gasteiger partial charge is 0.419 e. The van der Waals surface area contributed by atoms with Gasteiger partial charge in [0.15, 0.2) is 0 Å². The highest BCUT2D eigenvalue weighted by atomic mass is 31.1. The third kappa shape index (κ3) is 4.83. The van der Waals surface area contributed by atoms with Gasteiger partial charge < -0.3 is 14.8 Å². The van der Waals surface area contributed by atoms with E-state index >= 15 is 0 Å². The number of nitrogens with two attached hydrogens (primary N) is 1. The molecule has 0 radical (unpaired) electrons. The van der Waals surface area contributed by atoms with Crippen molar-refractivity contribution in [1.82, 2.24) is 0 Å². The molecule has 182 valence electrons. The Kier molecular flexibility index (Phi) is 6.07. The molecule has 4 nitrogen and oxygen atoms in total. The summed E-state index contributed by atoms with van der Waals surface area (Å²) in [7, 11) is -2.83. The van der Waals surface area contributed by atoms with E-state index in [1.54, 1.807) is 0 Å². The van der Waals surface area contributed by atoms with Gasteiger partial charge in [0.2, 0.25) is 0 Å². The zero-order valence-electron chi connectivity index (χ0n) is 22.5. The van der Waals surface area contributed by atoms with E-state index in [2.05, 4.69) is 101 Å². The molecule has 1 aliphatic rings. The van der Waals surface area contributed by atoms with Crippen molar-refractivity contribution in [2.45, 2.75) is 105 Å². The highest BCUT2D eigenvalue weighted by Crippen LogP contribution is 2.57. The van der Waals surface area contributed by atoms with Crippen LogP contribution in [0.1, 0.15) is 105 Å². The Morgan fingerprint density at radius 1 is 0.636 bits per heavy atom. The van der Waals surface area contributed by atoms with Crippen LogP contribution in [0.15, 0.2) is 18.2 Å². The molecule has 1 atom stereocenters. The standard InChI is InChI=1S/C28H42NO3P/c1-25(2,3)16-13-17-21-22(29)18(26(4,5)6)15-20(28(10,11)12)24(21)32-33(30)31-23(17)19(14-16)27(7,8)9/h13-15,33H,29H2,1-12H3. The van der Waals surface area contributed by atoms with Crippen LogP contribution < -0.4 is 14.8 Å². The Balaban J connectivity index is 2.62. The van der Waals surface area contributed by atoms with Gasteiger partial charge in [0.05, 0.1) is 5.56 Å². The SMILES string of the molecule is CC(C)(C)c1cc2c(c(C(C)(C)C)c1)O[PH](=O)Oc1c(C(C)(C)C)cc(C(C)(C)C)c(N)c1-2. The smallest absolute Gasteiger partial charge is 0.417 e. The van der Waals surface area contributed by atoms with Crippen molar-refractivity contribution in [3.05, 3.63) is 40.5 Å². The number of hydrogen-bond acceptors (Lipinski definition) is 4. The molecular weight excluding hydrogens is 429 g/mol. The number of anilines is 1. The molecule has 0 fully saturated rings. The normalized spacial score (nSPS) is 16.9. The zero-order valence-corrected chi connectivity index (χ0v) is 23.5. The van der Waals surface area contributed by atoms with Crippen molar-refractivity contribution in [2.75, 3.05) is 5.73 Å². The first-order valence-electron chi connectivity index (χ1n) is 11.8. The van der Waals surface area contributed by atoms with Crippen molar-refractivity contribution in [3.8, 4) is 22.6 Å². The molecule has 3 rings (SSSR count). The molecule has 5 heteroatoms. The van der Waals surface area contributed by atoms with Crippen LogP contribution in [-0.4, -0.2) is 0 Å². The number of rotatable bonds is 0. The first-order chi connectivity index (χ1) is 14.7. The van der Waals surface area contributed by atoms with E-state index in [-0.39, 0.29) is 21.7 Å². The molecule has 0 bridgehead atoms. The van der Waals surface area contributed by atoms with Crippen LogP contribution in [0.2, 0.25) is 0 Å². The van der Waals surface area contributed by atoms with Crippen molar-refractivity contribution >= 4 is 13.9 Å². The Labute approximate surface area is 201 Å². The molecule has 0 saturated heterocycles. The Morgan fingerprint density at radius 2 is 1.09 bits per heavy atom. The van der Waals surface area contributed by atoms with Crippen molar-refractivity contribution in [2.24, 2.45) is 0 Å². The maximum atomic E-state index is 13.1. The van der Waals surface area contributed by atoms with Crippen molar-refractivity contribution < 1.29 is 13.6 Å². The van der Waals surface area contributed by atoms with Gasteiger partial charge in [-0.1, -0.05) is 89.2 Å². The third-order valence-electron chi connectivity index (χ3n) is 6.34. The van der Waals surface area contributed by atoms with Gasteiger partial charge in [-0.25, -0.2) is 4.57 Å². The second kappa shape index (κ2) is 7.80. The number of benzene rings is 2.